The van der Waals surface area contributed by atoms with Crippen molar-refractivity contribution in [1.29, 1.82) is 0 Å². The molecular formula is C20H12BrIN2O2. The minimum Gasteiger partial charge on any atom is -0.507 e. The highest BCUT2D eigenvalue weighted by Crippen LogP contribution is 2.28. The van der Waals surface area contributed by atoms with Gasteiger partial charge >= 0.3 is 0 Å². The zero-order valence-corrected chi connectivity index (χ0v) is 17.1. The summed E-state index contributed by atoms with van der Waals surface area (Å²) in [5.74, 6) is 0.770. The molecule has 1 heterocycles. The van der Waals surface area contributed by atoms with Crippen LogP contribution in [0.15, 0.2) is 74.5 Å². The smallest absolute Gasteiger partial charge is 0.227 e. The van der Waals surface area contributed by atoms with Crippen LogP contribution in [0.25, 0.3) is 22.6 Å². The number of hydrogen-bond acceptors (Lipinski definition) is 4. The summed E-state index contributed by atoms with van der Waals surface area (Å²) in [6.45, 7) is 0. The summed E-state index contributed by atoms with van der Waals surface area (Å²) in [5, 5.41) is 9.91. The predicted octanol–water partition coefficient (Wildman–Crippen LogP) is 6.32. The number of phenols is 1. The molecule has 0 saturated heterocycles. The Kier molecular flexibility index (Phi) is 4.78. The monoisotopic (exact) mass is 518 g/mol. The van der Waals surface area contributed by atoms with Gasteiger partial charge in [-0.3, -0.25) is 4.99 Å². The van der Waals surface area contributed by atoms with Crippen molar-refractivity contribution in [1.82, 2.24) is 4.98 Å². The molecule has 128 valence electrons. The van der Waals surface area contributed by atoms with Gasteiger partial charge in [0.05, 0.1) is 5.69 Å². The van der Waals surface area contributed by atoms with Gasteiger partial charge in [0.25, 0.3) is 0 Å². The van der Waals surface area contributed by atoms with Gasteiger partial charge in [-0.15, -0.1) is 0 Å². The summed E-state index contributed by atoms with van der Waals surface area (Å²) in [5.41, 5.74) is 3.76. The van der Waals surface area contributed by atoms with E-state index in [1.165, 1.54) is 0 Å². The first-order valence-electron chi connectivity index (χ1n) is 7.77. The normalized spacial score (nSPS) is 11.5. The average molecular weight is 519 g/mol. The number of aromatic nitrogens is 1. The maximum absolute atomic E-state index is 9.91. The fraction of sp³-hybridized carbons (Fsp3) is 0. The van der Waals surface area contributed by atoms with Crippen LogP contribution in [-0.4, -0.2) is 16.3 Å². The van der Waals surface area contributed by atoms with Gasteiger partial charge in [-0.25, -0.2) is 4.98 Å². The number of hydrogen-bond donors (Lipinski definition) is 1. The van der Waals surface area contributed by atoms with Crippen LogP contribution in [0.2, 0.25) is 0 Å². The summed E-state index contributed by atoms with van der Waals surface area (Å²) < 4.78 is 7.84. The van der Waals surface area contributed by atoms with E-state index in [4.69, 9.17) is 4.42 Å². The Morgan fingerprint density at radius 1 is 1.08 bits per heavy atom. The van der Waals surface area contributed by atoms with E-state index in [1.807, 2.05) is 54.6 Å². The van der Waals surface area contributed by atoms with Crippen LogP contribution in [0, 0.1) is 3.57 Å². The van der Waals surface area contributed by atoms with Gasteiger partial charge < -0.3 is 9.52 Å². The van der Waals surface area contributed by atoms with E-state index < -0.39 is 0 Å². The van der Waals surface area contributed by atoms with E-state index in [0.717, 1.165) is 24.8 Å². The molecule has 1 aromatic heterocycles. The molecule has 6 heteroatoms. The van der Waals surface area contributed by atoms with Gasteiger partial charge in [0.2, 0.25) is 5.89 Å². The second kappa shape index (κ2) is 7.20. The quantitative estimate of drug-likeness (QED) is 0.255. The van der Waals surface area contributed by atoms with E-state index in [2.05, 4.69) is 48.5 Å². The van der Waals surface area contributed by atoms with Gasteiger partial charge in [-0.1, -0.05) is 22.0 Å². The number of nitrogens with zero attached hydrogens (tertiary/aromatic N) is 2. The molecule has 0 saturated carbocycles. The van der Waals surface area contributed by atoms with Gasteiger partial charge in [0.15, 0.2) is 5.58 Å². The largest absolute Gasteiger partial charge is 0.507 e. The zero-order valence-electron chi connectivity index (χ0n) is 13.4. The zero-order chi connectivity index (χ0) is 18.1. The van der Waals surface area contributed by atoms with Crippen LogP contribution in [0.3, 0.4) is 0 Å². The molecule has 0 aliphatic rings. The molecule has 0 aliphatic heterocycles. The van der Waals surface area contributed by atoms with Gasteiger partial charge in [-0.2, -0.15) is 0 Å². The van der Waals surface area contributed by atoms with Crippen molar-refractivity contribution in [3.05, 3.63) is 74.3 Å². The lowest BCUT2D eigenvalue weighted by Crippen LogP contribution is -1.83. The number of aromatic hydroxyl groups is 1. The van der Waals surface area contributed by atoms with Crippen molar-refractivity contribution < 1.29 is 9.52 Å². The van der Waals surface area contributed by atoms with E-state index in [0.29, 0.717) is 17.0 Å². The first kappa shape index (κ1) is 17.2. The molecule has 0 spiro atoms. The number of halogens is 2. The lowest BCUT2D eigenvalue weighted by atomic mass is 10.2. The molecule has 3 aromatic carbocycles. The molecule has 0 fully saturated rings. The van der Waals surface area contributed by atoms with E-state index in [-0.39, 0.29) is 5.75 Å². The fourth-order valence-electron chi connectivity index (χ4n) is 2.51. The van der Waals surface area contributed by atoms with Crippen LogP contribution in [0.4, 0.5) is 5.69 Å². The van der Waals surface area contributed by atoms with Crippen LogP contribution >= 0.6 is 38.5 Å². The van der Waals surface area contributed by atoms with Crippen molar-refractivity contribution in [2.45, 2.75) is 0 Å². The Morgan fingerprint density at radius 3 is 2.81 bits per heavy atom. The fourth-order valence-corrected chi connectivity index (χ4v) is 3.43. The number of rotatable bonds is 3. The Bertz CT molecular complexity index is 1140. The summed E-state index contributed by atoms with van der Waals surface area (Å²) >= 11 is 5.66. The minimum atomic E-state index is 0.202. The van der Waals surface area contributed by atoms with Gasteiger partial charge in [0, 0.05) is 25.4 Å². The number of benzene rings is 3. The highest BCUT2D eigenvalue weighted by atomic mass is 127. The van der Waals surface area contributed by atoms with Crippen molar-refractivity contribution in [3.63, 3.8) is 0 Å². The maximum atomic E-state index is 9.91. The molecule has 0 aliphatic carbocycles. The molecule has 4 nitrogen and oxygen atoms in total. The number of oxazole rings is 1. The van der Waals surface area contributed by atoms with Crippen molar-refractivity contribution in [2.24, 2.45) is 4.99 Å². The van der Waals surface area contributed by atoms with Crippen molar-refractivity contribution in [2.75, 3.05) is 0 Å². The van der Waals surface area contributed by atoms with Crippen LogP contribution in [-0.2, 0) is 0 Å². The van der Waals surface area contributed by atoms with E-state index in [9.17, 15) is 5.11 Å². The Labute approximate surface area is 171 Å². The number of phenolic OH excluding ortho intramolecular Hbond substituents is 1. The predicted molar refractivity (Wildman–Crippen MR) is 115 cm³/mol. The van der Waals surface area contributed by atoms with Crippen LogP contribution < -0.4 is 0 Å². The lowest BCUT2D eigenvalue weighted by Gasteiger charge is -1.99. The Morgan fingerprint density at radius 2 is 1.96 bits per heavy atom. The Balaban J connectivity index is 1.67. The third-order valence-corrected chi connectivity index (χ3v) is 4.95. The highest BCUT2D eigenvalue weighted by Gasteiger charge is 2.09. The topological polar surface area (TPSA) is 58.6 Å². The second-order valence-corrected chi connectivity index (χ2v) is 7.80. The molecule has 26 heavy (non-hydrogen) atoms. The molecule has 0 unspecified atom stereocenters. The number of fused-ring (bicyclic) bond motifs is 1. The third-order valence-electron chi connectivity index (χ3n) is 3.79. The van der Waals surface area contributed by atoms with Gasteiger partial charge in [0.1, 0.15) is 11.3 Å². The SMILES string of the molecule is Oc1ccc(I)cc1C=Nc1ccc2oc(-c3cccc(Br)c3)nc2c1. The molecule has 1 N–H and O–H groups in total. The first-order valence-corrected chi connectivity index (χ1v) is 9.65. The first-order chi connectivity index (χ1) is 12.6. The maximum Gasteiger partial charge on any atom is 0.227 e. The van der Waals surface area contributed by atoms with Crippen LogP contribution in [0.5, 0.6) is 5.75 Å². The standard InChI is InChI=1S/C20H12BrIN2O2/c21-14-3-1-2-12(8-14)20-24-17-10-16(5-7-19(17)26-20)23-11-13-9-15(22)4-6-18(13)25/h1-11,25H. The summed E-state index contributed by atoms with van der Waals surface area (Å²) in [6.07, 6.45) is 1.65. The number of aliphatic imine (C=N–C) groups is 1. The van der Waals surface area contributed by atoms with Crippen molar-refractivity contribution in [3.8, 4) is 17.2 Å². The van der Waals surface area contributed by atoms with E-state index in [1.54, 1.807) is 12.3 Å². The minimum absolute atomic E-state index is 0.202. The second-order valence-electron chi connectivity index (χ2n) is 5.64. The summed E-state index contributed by atoms with van der Waals surface area (Å²) in [6, 6.07) is 18.8. The Hall–Kier alpha value is -2.19. The highest BCUT2D eigenvalue weighted by molar-refractivity contribution is 14.1. The molecule has 4 rings (SSSR count). The average Bonchev–Trinajstić information content (AvgIpc) is 3.06. The van der Waals surface area contributed by atoms with Crippen molar-refractivity contribution >= 4 is 61.5 Å². The third kappa shape index (κ3) is 3.66. The van der Waals surface area contributed by atoms with Crippen LogP contribution in [0.1, 0.15) is 5.56 Å². The molecule has 4 aromatic rings. The summed E-state index contributed by atoms with van der Waals surface area (Å²) in [4.78, 5) is 9.01. The van der Waals surface area contributed by atoms with E-state index >= 15 is 0 Å². The summed E-state index contributed by atoms with van der Waals surface area (Å²) in [7, 11) is 0. The molecule has 0 bridgehead atoms. The van der Waals surface area contributed by atoms with Gasteiger partial charge in [-0.05, 0) is 77.2 Å². The molecule has 0 atom stereocenters. The molecule has 0 radical (unpaired) electrons. The lowest BCUT2D eigenvalue weighted by molar-refractivity contribution is 0.474. The molecular weight excluding hydrogens is 507 g/mol. The molecule has 0 amide bonds.